The number of methoxy groups -OCH3 is 2. The van der Waals surface area contributed by atoms with Crippen molar-refractivity contribution in [3.63, 3.8) is 0 Å². The zero-order chi connectivity index (χ0) is 12.8. The van der Waals surface area contributed by atoms with Crippen LogP contribution in [-0.4, -0.2) is 19.3 Å². The first-order valence-electron chi connectivity index (χ1n) is 5.73. The topological polar surface area (TPSA) is 38.7 Å². The van der Waals surface area contributed by atoms with Gasteiger partial charge in [-0.15, -0.1) is 0 Å². The first-order chi connectivity index (χ1) is 8.13. The maximum atomic E-state index is 10.1. The van der Waals surface area contributed by atoms with Gasteiger partial charge in [0, 0.05) is 5.56 Å². The van der Waals surface area contributed by atoms with Crippen molar-refractivity contribution in [2.45, 2.75) is 32.3 Å². The van der Waals surface area contributed by atoms with Gasteiger partial charge in [-0.3, -0.25) is 0 Å². The van der Waals surface area contributed by atoms with Gasteiger partial charge in [-0.2, -0.15) is 0 Å². The van der Waals surface area contributed by atoms with E-state index in [9.17, 15) is 5.11 Å². The molecule has 17 heavy (non-hydrogen) atoms. The molecule has 3 nitrogen and oxygen atoms in total. The second-order valence-electron chi connectivity index (χ2n) is 3.89. The van der Waals surface area contributed by atoms with E-state index < -0.39 is 6.10 Å². The lowest BCUT2D eigenvalue weighted by Gasteiger charge is -2.16. The van der Waals surface area contributed by atoms with E-state index in [0.29, 0.717) is 11.5 Å². The van der Waals surface area contributed by atoms with Gasteiger partial charge in [0.25, 0.3) is 0 Å². The summed E-state index contributed by atoms with van der Waals surface area (Å²) < 4.78 is 11.3. The minimum absolute atomic E-state index is 0.508. The predicted molar refractivity (Wildman–Crippen MR) is 71.7 cm³/mol. The number of hydrogen-bond acceptors (Lipinski definition) is 3. The highest BCUT2D eigenvalue weighted by molar-refractivity contribution is 9.10. The lowest BCUT2D eigenvalue weighted by Crippen LogP contribution is -2.02. The predicted octanol–water partition coefficient (Wildman–Crippen LogP) is 3.69. The van der Waals surface area contributed by atoms with Gasteiger partial charge in [0.2, 0.25) is 0 Å². The summed E-state index contributed by atoms with van der Waals surface area (Å²) in [4.78, 5) is 0. The third kappa shape index (κ3) is 3.61. The summed E-state index contributed by atoms with van der Waals surface area (Å²) in [5.41, 5.74) is 0.779. The average Bonchev–Trinajstić information content (AvgIpc) is 2.35. The first kappa shape index (κ1) is 14.3. The van der Waals surface area contributed by atoms with Gasteiger partial charge in [0.15, 0.2) is 0 Å². The number of aliphatic hydroxyl groups excluding tert-OH is 1. The molecule has 0 aliphatic carbocycles. The van der Waals surface area contributed by atoms with Crippen LogP contribution in [0.5, 0.6) is 11.5 Å². The highest BCUT2D eigenvalue weighted by Gasteiger charge is 2.16. The molecular formula is C13H19BrO3. The van der Waals surface area contributed by atoms with Gasteiger partial charge in [-0.05, 0) is 34.5 Å². The van der Waals surface area contributed by atoms with Crippen LogP contribution in [0, 0.1) is 0 Å². The maximum absolute atomic E-state index is 10.1. The van der Waals surface area contributed by atoms with Crippen LogP contribution < -0.4 is 9.47 Å². The highest BCUT2D eigenvalue weighted by atomic mass is 79.9. The second-order valence-corrected chi connectivity index (χ2v) is 4.74. The number of hydrogen-bond donors (Lipinski definition) is 1. The summed E-state index contributed by atoms with van der Waals surface area (Å²) >= 11 is 3.40. The van der Waals surface area contributed by atoms with Crippen LogP contribution in [0.1, 0.15) is 37.9 Å². The van der Waals surface area contributed by atoms with E-state index in [-0.39, 0.29) is 0 Å². The molecule has 1 aromatic rings. The van der Waals surface area contributed by atoms with E-state index in [0.717, 1.165) is 29.3 Å². The Hall–Kier alpha value is -0.740. The molecule has 4 heteroatoms. The van der Waals surface area contributed by atoms with Crippen LogP contribution in [0.4, 0.5) is 0 Å². The molecule has 1 aromatic carbocycles. The van der Waals surface area contributed by atoms with E-state index in [1.165, 1.54) is 0 Å². The summed E-state index contributed by atoms with van der Waals surface area (Å²) in [6, 6.07) is 3.65. The van der Waals surface area contributed by atoms with Gasteiger partial charge in [0.05, 0.1) is 24.8 Å². The molecule has 0 saturated heterocycles. The molecule has 0 aromatic heterocycles. The van der Waals surface area contributed by atoms with Crippen molar-refractivity contribution in [2.75, 3.05) is 14.2 Å². The van der Waals surface area contributed by atoms with Gasteiger partial charge >= 0.3 is 0 Å². The number of benzene rings is 1. The fraction of sp³-hybridized carbons (Fsp3) is 0.538. The number of ether oxygens (including phenoxy) is 2. The summed E-state index contributed by atoms with van der Waals surface area (Å²) in [5, 5.41) is 10.1. The van der Waals surface area contributed by atoms with Crippen LogP contribution >= 0.6 is 15.9 Å². The smallest absolute Gasteiger partial charge is 0.133 e. The lowest BCUT2D eigenvalue weighted by molar-refractivity contribution is 0.160. The number of rotatable bonds is 6. The van der Waals surface area contributed by atoms with Crippen molar-refractivity contribution in [3.05, 3.63) is 22.2 Å². The average molecular weight is 303 g/mol. The number of halogens is 1. The summed E-state index contributed by atoms with van der Waals surface area (Å²) in [6.45, 7) is 2.10. The Kier molecular flexibility index (Phi) is 5.78. The molecule has 0 radical (unpaired) electrons. The van der Waals surface area contributed by atoms with Gasteiger partial charge < -0.3 is 14.6 Å². The molecule has 0 bridgehead atoms. The van der Waals surface area contributed by atoms with E-state index in [4.69, 9.17) is 9.47 Å². The van der Waals surface area contributed by atoms with Crippen LogP contribution in [-0.2, 0) is 0 Å². The van der Waals surface area contributed by atoms with Crippen LogP contribution in [0.2, 0.25) is 0 Å². The largest absolute Gasteiger partial charge is 0.496 e. The standard InChI is InChI=1S/C13H19BrO3/c1-4-5-6-11(15)9-7-13(17-3)10(14)8-12(9)16-2/h7-8,11,15H,4-6H2,1-3H3. The van der Waals surface area contributed by atoms with Crippen LogP contribution in [0.3, 0.4) is 0 Å². The fourth-order valence-corrected chi connectivity index (χ4v) is 2.18. The van der Waals surface area contributed by atoms with Gasteiger partial charge in [0.1, 0.15) is 11.5 Å². The monoisotopic (exact) mass is 302 g/mol. The maximum Gasteiger partial charge on any atom is 0.133 e. The third-order valence-electron chi connectivity index (χ3n) is 2.69. The SMILES string of the molecule is CCCCC(O)c1cc(OC)c(Br)cc1OC. The molecule has 1 atom stereocenters. The van der Waals surface area contributed by atoms with Gasteiger partial charge in [-0.25, -0.2) is 0 Å². The molecule has 96 valence electrons. The Labute approximate surface area is 111 Å². The Morgan fingerprint density at radius 1 is 1.24 bits per heavy atom. The summed E-state index contributed by atoms with van der Waals surface area (Å²) in [5.74, 6) is 1.39. The molecule has 0 amide bonds. The molecule has 0 fully saturated rings. The van der Waals surface area contributed by atoms with Crippen molar-refractivity contribution in [2.24, 2.45) is 0 Å². The van der Waals surface area contributed by atoms with Crippen molar-refractivity contribution in [1.82, 2.24) is 0 Å². The fourth-order valence-electron chi connectivity index (χ4n) is 1.70. The third-order valence-corrected chi connectivity index (χ3v) is 3.31. The molecule has 0 heterocycles. The van der Waals surface area contributed by atoms with Crippen molar-refractivity contribution < 1.29 is 14.6 Å². The number of aliphatic hydroxyl groups is 1. The minimum atomic E-state index is -0.508. The van der Waals surface area contributed by atoms with Crippen molar-refractivity contribution in [1.29, 1.82) is 0 Å². The van der Waals surface area contributed by atoms with E-state index in [1.807, 2.05) is 12.1 Å². The van der Waals surface area contributed by atoms with E-state index in [1.54, 1.807) is 14.2 Å². The zero-order valence-electron chi connectivity index (χ0n) is 10.5. The Morgan fingerprint density at radius 2 is 1.88 bits per heavy atom. The quantitative estimate of drug-likeness (QED) is 0.871. The summed E-state index contributed by atoms with van der Waals surface area (Å²) in [7, 11) is 3.21. The molecule has 1 rings (SSSR count). The summed E-state index contributed by atoms with van der Waals surface area (Å²) in [6.07, 6.45) is 2.28. The molecule has 0 saturated carbocycles. The van der Waals surface area contributed by atoms with E-state index >= 15 is 0 Å². The minimum Gasteiger partial charge on any atom is -0.496 e. The normalized spacial score (nSPS) is 12.3. The molecule has 0 aliphatic rings. The highest BCUT2D eigenvalue weighted by Crippen LogP contribution is 2.37. The van der Waals surface area contributed by atoms with E-state index in [2.05, 4.69) is 22.9 Å². The Balaban J connectivity index is 3.02. The van der Waals surface area contributed by atoms with Gasteiger partial charge in [-0.1, -0.05) is 19.8 Å². The van der Waals surface area contributed by atoms with Crippen LogP contribution in [0.15, 0.2) is 16.6 Å². The van der Waals surface area contributed by atoms with Crippen LogP contribution in [0.25, 0.3) is 0 Å². The molecular weight excluding hydrogens is 284 g/mol. The first-order valence-corrected chi connectivity index (χ1v) is 6.52. The molecule has 0 aliphatic heterocycles. The molecule has 0 spiro atoms. The molecule has 1 N–H and O–H groups in total. The van der Waals surface area contributed by atoms with Crippen molar-refractivity contribution in [3.8, 4) is 11.5 Å². The molecule has 1 unspecified atom stereocenters. The second kappa shape index (κ2) is 6.87. The lowest BCUT2D eigenvalue weighted by atomic mass is 10.0. The van der Waals surface area contributed by atoms with Crippen molar-refractivity contribution >= 4 is 15.9 Å². The number of unbranched alkanes of at least 4 members (excludes halogenated alkanes) is 1. The Bertz CT molecular complexity index is 366. The Morgan fingerprint density at radius 3 is 2.41 bits per heavy atom. The zero-order valence-corrected chi connectivity index (χ0v) is 12.1.